The first-order valence-electron chi connectivity index (χ1n) is 10.9. The lowest BCUT2D eigenvalue weighted by atomic mass is 10.1. The zero-order valence-corrected chi connectivity index (χ0v) is 20.2. The Morgan fingerprint density at radius 3 is 1.19 bits per heavy atom. The molecule has 188 valence electrons. The Morgan fingerprint density at radius 2 is 0.917 bits per heavy atom. The largest absolute Gasteiger partial charge is 0.451 e. The van der Waals surface area contributed by atoms with Crippen molar-refractivity contribution in [2.24, 2.45) is 0 Å². The fraction of sp³-hybridized carbons (Fsp3) is 0.231. The van der Waals surface area contributed by atoms with E-state index < -0.39 is 35.7 Å². The van der Waals surface area contributed by atoms with Crippen LogP contribution in [0, 0.1) is 0 Å². The number of carbonyl (C=O) groups is 6. The van der Waals surface area contributed by atoms with Crippen molar-refractivity contribution in [3.05, 3.63) is 71.8 Å². The van der Waals surface area contributed by atoms with E-state index in [0.717, 1.165) is 12.2 Å². The molecule has 0 bridgehead atoms. The van der Waals surface area contributed by atoms with Crippen LogP contribution in [0.4, 0.5) is 11.4 Å². The minimum atomic E-state index is -1.13. The quantitative estimate of drug-likeness (QED) is 0.291. The third-order valence-corrected chi connectivity index (χ3v) is 4.66. The summed E-state index contributed by atoms with van der Waals surface area (Å²) in [5, 5.41) is 5.15. The van der Waals surface area contributed by atoms with Crippen LogP contribution in [0.2, 0.25) is 0 Å². The fourth-order valence-electron chi connectivity index (χ4n) is 2.98. The Morgan fingerprint density at radius 1 is 0.611 bits per heavy atom. The van der Waals surface area contributed by atoms with Gasteiger partial charge >= 0.3 is 11.9 Å². The maximum Gasteiger partial charge on any atom is 0.331 e. The van der Waals surface area contributed by atoms with Crippen LogP contribution in [-0.2, 0) is 28.7 Å². The molecule has 0 saturated heterocycles. The van der Waals surface area contributed by atoms with E-state index in [1.165, 1.54) is 52.0 Å². The lowest BCUT2D eigenvalue weighted by Gasteiger charge is -2.12. The number of rotatable bonds is 10. The number of nitrogens with one attached hydrogen (secondary N) is 2. The van der Waals surface area contributed by atoms with Crippen LogP contribution >= 0.6 is 0 Å². The van der Waals surface area contributed by atoms with E-state index in [1.54, 1.807) is 24.3 Å². The summed E-state index contributed by atoms with van der Waals surface area (Å²) in [6.07, 6.45) is -0.673. The molecule has 0 saturated carbocycles. The maximum absolute atomic E-state index is 12.4. The van der Waals surface area contributed by atoms with E-state index in [-0.39, 0.29) is 22.9 Å². The number of ketones is 2. The Balaban J connectivity index is 1.86. The molecule has 2 N–H and O–H groups in total. The summed E-state index contributed by atoms with van der Waals surface area (Å²) in [6.45, 7) is 5.48. The minimum absolute atomic E-state index is 0.252. The summed E-state index contributed by atoms with van der Waals surface area (Å²) in [6, 6.07) is 12.1. The number of anilines is 2. The third-order valence-electron chi connectivity index (χ3n) is 4.66. The van der Waals surface area contributed by atoms with Crippen LogP contribution in [0.3, 0.4) is 0 Å². The molecule has 2 rings (SSSR count). The molecule has 2 amide bonds. The first-order valence-corrected chi connectivity index (χ1v) is 10.9. The number of hydrogen-bond donors (Lipinski definition) is 2. The second-order valence-electron chi connectivity index (χ2n) is 7.74. The van der Waals surface area contributed by atoms with Gasteiger partial charge in [-0.05, 0) is 62.4 Å². The molecule has 2 aromatic carbocycles. The third kappa shape index (κ3) is 8.64. The number of benzene rings is 2. The van der Waals surface area contributed by atoms with Crippen molar-refractivity contribution in [3.63, 3.8) is 0 Å². The van der Waals surface area contributed by atoms with Crippen molar-refractivity contribution in [3.8, 4) is 0 Å². The Labute approximate surface area is 207 Å². The minimum Gasteiger partial charge on any atom is -0.451 e. The molecule has 0 unspecified atom stereocenters. The van der Waals surface area contributed by atoms with Crippen molar-refractivity contribution in [2.75, 3.05) is 10.6 Å². The molecule has 0 fully saturated rings. The number of Topliss-reactive ketones (excluding diaryl/α,β-unsaturated/α-hetero) is 2. The van der Waals surface area contributed by atoms with Gasteiger partial charge in [-0.15, -0.1) is 0 Å². The van der Waals surface area contributed by atoms with Crippen LogP contribution in [0.25, 0.3) is 0 Å². The van der Waals surface area contributed by atoms with Gasteiger partial charge in [0.1, 0.15) is 0 Å². The average Bonchev–Trinajstić information content (AvgIpc) is 2.82. The topological polar surface area (TPSA) is 145 Å². The summed E-state index contributed by atoms with van der Waals surface area (Å²) in [4.78, 5) is 71.0. The van der Waals surface area contributed by atoms with Crippen molar-refractivity contribution >= 4 is 46.7 Å². The van der Waals surface area contributed by atoms with Gasteiger partial charge in [-0.3, -0.25) is 19.2 Å². The summed E-state index contributed by atoms with van der Waals surface area (Å²) < 4.78 is 10.0. The van der Waals surface area contributed by atoms with Gasteiger partial charge in [0.15, 0.2) is 12.2 Å². The molecule has 0 radical (unpaired) electrons. The zero-order chi connectivity index (χ0) is 26.8. The molecular weight excluding hydrogens is 468 g/mol. The first kappa shape index (κ1) is 27.6. The standard InChI is InChI=1S/C26H26N2O8/c1-15(25(33)19-5-9-21(10-6-19)27-17(3)29)35-23(31)13-14-24(32)36-16(2)26(34)20-7-11-22(12-8-20)28-18(4)30/h5-16H,1-4H3,(H,27,29)(H,28,30)/b14-13-/t15-,16-/m0/s1. The molecule has 0 aliphatic heterocycles. The molecule has 0 aromatic heterocycles. The zero-order valence-electron chi connectivity index (χ0n) is 20.2. The molecule has 2 aromatic rings. The van der Waals surface area contributed by atoms with Crippen molar-refractivity contribution in [2.45, 2.75) is 39.9 Å². The highest BCUT2D eigenvalue weighted by Gasteiger charge is 2.20. The van der Waals surface area contributed by atoms with Crippen molar-refractivity contribution < 1.29 is 38.2 Å². The summed E-state index contributed by atoms with van der Waals surface area (Å²) in [7, 11) is 0. The van der Waals surface area contributed by atoms with Gasteiger partial charge in [0.05, 0.1) is 0 Å². The SMILES string of the molecule is CC(=O)Nc1ccc(C(=O)[C@H](C)OC(=O)/C=C\C(=O)O[C@@H](C)C(=O)c2ccc(NC(C)=O)cc2)cc1. The molecule has 36 heavy (non-hydrogen) atoms. The molecule has 0 heterocycles. The molecule has 0 aliphatic carbocycles. The smallest absolute Gasteiger partial charge is 0.331 e. The second-order valence-corrected chi connectivity index (χ2v) is 7.74. The Kier molecular flexibility index (Phi) is 9.79. The lowest BCUT2D eigenvalue weighted by Crippen LogP contribution is -2.24. The predicted molar refractivity (Wildman–Crippen MR) is 130 cm³/mol. The van der Waals surface area contributed by atoms with Crippen LogP contribution < -0.4 is 10.6 Å². The van der Waals surface area contributed by atoms with Crippen LogP contribution in [0.15, 0.2) is 60.7 Å². The van der Waals surface area contributed by atoms with E-state index in [9.17, 15) is 28.8 Å². The highest BCUT2D eigenvalue weighted by molar-refractivity contribution is 6.03. The number of hydrogen-bond acceptors (Lipinski definition) is 8. The second kappa shape index (κ2) is 12.7. The van der Waals surface area contributed by atoms with Gasteiger partial charge in [0, 0.05) is 48.5 Å². The highest BCUT2D eigenvalue weighted by Crippen LogP contribution is 2.14. The van der Waals surface area contributed by atoms with Crippen LogP contribution in [0.5, 0.6) is 0 Å². The first-order chi connectivity index (χ1) is 17.0. The molecule has 10 heteroatoms. The van der Waals surface area contributed by atoms with Gasteiger partial charge in [-0.25, -0.2) is 9.59 Å². The van der Waals surface area contributed by atoms with E-state index in [2.05, 4.69) is 10.6 Å². The lowest BCUT2D eigenvalue weighted by molar-refractivity contribution is -0.143. The van der Waals surface area contributed by atoms with Gasteiger partial charge in [0.2, 0.25) is 23.4 Å². The van der Waals surface area contributed by atoms with Crippen molar-refractivity contribution in [1.82, 2.24) is 0 Å². The van der Waals surface area contributed by atoms with E-state index in [0.29, 0.717) is 11.4 Å². The Bertz CT molecular complexity index is 1090. The van der Waals surface area contributed by atoms with Gasteiger partial charge in [0.25, 0.3) is 0 Å². The van der Waals surface area contributed by atoms with Crippen LogP contribution in [-0.4, -0.2) is 47.5 Å². The predicted octanol–water partition coefficient (Wildman–Crippen LogP) is 3.09. The average molecular weight is 495 g/mol. The summed E-state index contributed by atoms with van der Waals surface area (Å²) in [5.41, 5.74) is 1.56. The van der Waals surface area contributed by atoms with E-state index >= 15 is 0 Å². The van der Waals surface area contributed by atoms with Gasteiger partial charge in [-0.2, -0.15) is 0 Å². The molecule has 0 aliphatic rings. The molecule has 2 atom stereocenters. The summed E-state index contributed by atoms with van der Waals surface area (Å²) in [5.74, 6) is -3.35. The molecule has 10 nitrogen and oxygen atoms in total. The number of carbonyl (C=O) groups excluding carboxylic acids is 6. The highest BCUT2D eigenvalue weighted by atomic mass is 16.6. The van der Waals surface area contributed by atoms with E-state index in [4.69, 9.17) is 9.47 Å². The molecule has 0 spiro atoms. The maximum atomic E-state index is 12.4. The summed E-state index contributed by atoms with van der Waals surface area (Å²) >= 11 is 0. The number of ether oxygens (including phenoxy) is 2. The van der Waals surface area contributed by atoms with E-state index in [1.807, 2.05) is 0 Å². The Hall–Kier alpha value is -4.60. The van der Waals surface area contributed by atoms with Crippen LogP contribution in [0.1, 0.15) is 48.4 Å². The van der Waals surface area contributed by atoms with Crippen molar-refractivity contribution in [1.29, 1.82) is 0 Å². The monoisotopic (exact) mass is 494 g/mol. The number of esters is 2. The normalized spacial score (nSPS) is 12.2. The van der Waals surface area contributed by atoms with Gasteiger partial charge in [-0.1, -0.05) is 0 Å². The molecular formula is C26H26N2O8. The number of amides is 2. The fourth-order valence-corrected chi connectivity index (χ4v) is 2.98. The van der Waals surface area contributed by atoms with Gasteiger partial charge < -0.3 is 20.1 Å².